The Hall–Kier alpha value is -2.72. The molecule has 1 N–H and O–H groups in total. The number of hydrogen-bond donors (Lipinski definition) is 1. The minimum atomic E-state index is -0.135. The Morgan fingerprint density at radius 1 is 1.20 bits per heavy atom. The number of carbonyl (C=O) groups excluding carboxylic acids is 1. The third-order valence-electron chi connectivity index (χ3n) is 5.88. The van der Waals surface area contributed by atoms with Crippen LogP contribution in [0, 0.1) is 0 Å². The number of nitrogens with zero attached hydrogens (tertiary/aromatic N) is 5. The Bertz CT molecular complexity index is 1110. The van der Waals surface area contributed by atoms with Crippen molar-refractivity contribution < 1.29 is 9.53 Å². The summed E-state index contributed by atoms with van der Waals surface area (Å²) in [5.41, 5.74) is 0.933. The fourth-order valence-electron chi connectivity index (χ4n) is 4.02. The van der Waals surface area contributed by atoms with E-state index in [-0.39, 0.29) is 11.7 Å². The molecular formula is C25H32N6O2S2. The molecule has 0 saturated heterocycles. The van der Waals surface area contributed by atoms with Crippen molar-refractivity contribution in [2.24, 2.45) is 0 Å². The fraction of sp³-hybridized carbons (Fsp3) is 0.480. The van der Waals surface area contributed by atoms with Crippen molar-refractivity contribution in [3.8, 4) is 17.1 Å². The van der Waals surface area contributed by atoms with Gasteiger partial charge >= 0.3 is 0 Å². The van der Waals surface area contributed by atoms with E-state index in [1.165, 1.54) is 42.4 Å². The molecule has 1 aliphatic carbocycles. The summed E-state index contributed by atoms with van der Waals surface area (Å²) in [4.78, 5) is 12.6. The molecule has 0 aliphatic heterocycles. The topological polar surface area (TPSA) is 94.8 Å². The lowest BCUT2D eigenvalue weighted by atomic mass is 9.90. The highest BCUT2D eigenvalue weighted by atomic mass is 32.2. The van der Waals surface area contributed by atoms with Gasteiger partial charge in [0.25, 0.3) is 0 Å². The van der Waals surface area contributed by atoms with Crippen LogP contribution in [-0.2, 0) is 11.3 Å². The maximum absolute atomic E-state index is 12.6. The molecule has 0 bridgehead atoms. The Labute approximate surface area is 214 Å². The second-order valence-corrected chi connectivity index (χ2v) is 10.5. The van der Waals surface area contributed by atoms with Gasteiger partial charge in [-0.3, -0.25) is 14.7 Å². The number of ether oxygens (including phenoxy) is 1. The lowest BCUT2D eigenvalue weighted by molar-refractivity contribution is -0.113. The highest BCUT2D eigenvalue weighted by Crippen LogP contribution is 2.35. The lowest BCUT2D eigenvalue weighted by Gasteiger charge is -2.18. The number of amides is 1. The molecule has 1 saturated carbocycles. The van der Waals surface area contributed by atoms with E-state index >= 15 is 0 Å². The van der Waals surface area contributed by atoms with E-state index in [2.05, 4.69) is 39.2 Å². The molecule has 186 valence electrons. The van der Waals surface area contributed by atoms with Gasteiger partial charge in [-0.1, -0.05) is 61.8 Å². The Balaban J connectivity index is 1.35. The summed E-state index contributed by atoms with van der Waals surface area (Å²) in [6, 6.07) is 7.85. The molecule has 0 spiro atoms. The first-order valence-electron chi connectivity index (χ1n) is 12.2. The summed E-state index contributed by atoms with van der Waals surface area (Å²) in [5, 5.41) is 22.3. The summed E-state index contributed by atoms with van der Waals surface area (Å²) < 4.78 is 7.72. The van der Waals surface area contributed by atoms with E-state index < -0.39 is 0 Å². The molecule has 1 aliphatic rings. The van der Waals surface area contributed by atoms with Crippen LogP contribution in [0.3, 0.4) is 0 Å². The summed E-state index contributed by atoms with van der Waals surface area (Å²) in [5.74, 6) is 2.12. The number of hydrogen-bond acceptors (Lipinski definition) is 8. The average Bonchev–Trinajstić information content (AvgIpc) is 3.51. The molecule has 35 heavy (non-hydrogen) atoms. The van der Waals surface area contributed by atoms with Crippen molar-refractivity contribution in [3.05, 3.63) is 41.9 Å². The van der Waals surface area contributed by atoms with E-state index in [1.807, 2.05) is 28.8 Å². The van der Waals surface area contributed by atoms with Gasteiger partial charge in [0.2, 0.25) is 11.0 Å². The molecule has 10 heteroatoms. The lowest BCUT2D eigenvalue weighted by Crippen LogP contribution is -2.14. The highest BCUT2D eigenvalue weighted by molar-refractivity contribution is 7.99. The first-order chi connectivity index (χ1) is 17.2. The zero-order valence-electron chi connectivity index (χ0n) is 20.1. The van der Waals surface area contributed by atoms with Crippen LogP contribution in [0.4, 0.5) is 5.13 Å². The van der Waals surface area contributed by atoms with Crippen LogP contribution in [0.25, 0.3) is 11.4 Å². The molecule has 2 aromatic heterocycles. The minimum absolute atomic E-state index is 0.135. The third-order valence-corrected chi connectivity index (χ3v) is 7.85. The number of anilines is 1. The average molecular weight is 513 g/mol. The predicted octanol–water partition coefficient (Wildman–Crippen LogP) is 5.94. The maximum atomic E-state index is 12.6. The van der Waals surface area contributed by atoms with Crippen LogP contribution in [0.5, 0.6) is 5.75 Å². The van der Waals surface area contributed by atoms with Crippen LogP contribution in [0.15, 0.2) is 42.1 Å². The van der Waals surface area contributed by atoms with Gasteiger partial charge in [0, 0.05) is 18.0 Å². The molecule has 0 atom stereocenters. The SMILES string of the molecule is C=CCn1c(SCC(=O)Nc2nnc(C3CCCCC3)s2)nnc1-c1ccc(OCCCC)cc1. The zero-order chi connectivity index (χ0) is 24.5. The number of aromatic nitrogens is 5. The van der Waals surface area contributed by atoms with Crippen LogP contribution in [0.1, 0.15) is 62.8 Å². The molecule has 1 amide bonds. The number of rotatable bonds is 12. The van der Waals surface area contributed by atoms with Crippen molar-refractivity contribution in [2.45, 2.75) is 69.5 Å². The summed E-state index contributed by atoms with van der Waals surface area (Å²) in [7, 11) is 0. The summed E-state index contributed by atoms with van der Waals surface area (Å²) >= 11 is 2.83. The van der Waals surface area contributed by atoms with Crippen molar-refractivity contribution in [2.75, 3.05) is 17.7 Å². The van der Waals surface area contributed by atoms with Gasteiger partial charge < -0.3 is 4.74 Å². The van der Waals surface area contributed by atoms with Crippen LogP contribution in [0.2, 0.25) is 0 Å². The Morgan fingerprint density at radius 3 is 2.74 bits per heavy atom. The van der Waals surface area contributed by atoms with Crippen molar-refractivity contribution in [1.82, 2.24) is 25.0 Å². The quantitative estimate of drug-likeness (QED) is 0.182. The van der Waals surface area contributed by atoms with E-state index in [0.29, 0.717) is 29.4 Å². The smallest absolute Gasteiger partial charge is 0.236 e. The largest absolute Gasteiger partial charge is 0.494 e. The van der Waals surface area contributed by atoms with Gasteiger partial charge in [-0.15, -0.1) is 27.0 Å². The molecule has 1 fully saturated rings. The monoisotopic (exact) mass is 512 g/mol. The van der Waals surface area contributed by atoms with Gasteiger partial charge in [0.15, 0.2) is 11.0 Å². The van der Waals surface area contributed by atoms with E-state index in [1.54, 1.807) is 6.08 Å². The van der Waals surface area contributed by atoms with Gasteiger partial charge in [-0.25, -0.2) is 0 Å². The second kappa shape index (κ2) is 12.8. The number of benzene rings is 1. The molecule has 0 radical (unpaired) electrons. The third kappa shape index (κ3) is 6.91. The zero-order valence-corrected chi connectivity index (χ0v) is 21.7. The van der Waals surface area contributed by atoms with Crippen molar-refractivity contribution in [1.29, 1.82) is 0 Å². The highest BCUT2D eigenvalue weighted by Gasteiger charge is 2.21. The van der Waals surface area contributed by atoms with Crippen LogP contribution >= 0.6 is 23.1 Å². The molecule has 8 nitrogen and oxygen atoms in total. The molecule has 2 heterocycles. The minimum Gasteiger partial charge on any atom is -0.494 e. The normalized spacial score (nSPS) is 14.1. The summed E-state index contributed by atoms with van der Waals surface area (Å²) in [6.07, 6.45) is 10.0. The second-order valence-electron chi connectivity index (χ2n) is 8.55. The van der Waals surface area contributed by atoms with E-state index in [0.717, 1.165) is 47.8 Å². The first kappa shape index (κ1) is 25.4. The van der Waals surface area contributed by atoms with E-state index in [4.69, 9.17) is 4.74 Å². The maximum Gasteiger partial charge on any atom is 0.236 e. The number of nitrogens with one attached hydrogen (secondary N) is 1. The van der Waals surface area contributed by atoms with Crippen molar-refractivity contribution >= 4 is 34.1 Å². The van der Waals surface area contributed by atoms with Gasteiger partial charge in [0.05, 0.1) is 12.4 Å². The molecule has 0 unspecified atom stereocenters. The number of carbonyl (C=O) groups is 1. The van der Waals surface area contributed by atoms with Crippen molar-refractivity contribution in [3.63, 3.8) is 0 Å². The Kier molecular flexibility index (Phi) is 9.30. The molecule has 4 rings (SSSR count). The first-order valence-corrected chi connectivity index (χ1v) is 14.0. The summed E-state index contributed by atoms with van der Waals surface area (Å²) in [6.45, 7) is 7.26. The number of allylic oxidation sites excluding steroid dienone is 1. The van der Waals surface area contributed by atoms with Gasteiger partial charge in [-0.2, -0.15) is 0 Å². The van der Waals surface area contributed by atoms with Gasteiger partial charge in [-0.05, 0) is 43.5 Å². The van der Waals surface area contributed by atoms with Gasteiger partial charge in [0.1, 0.15) is 10.8 Å². The molecule has 1 aromatic carbocycles. The van der Waals surface area contributed by atoms with Crippen LogP contribution in [-0.4, -0.2) is 43.2 Å². The standard InChI is InChI=1S/C25H32N6O2S2/c1-3-5-16-33-20-13-11-18(12-14-20)22-27-30-25(31(22)15-4-2)34-17-21(32)26-24-29-28-23(35-24)19-9-7-6-8-10-19/h4,11-14,19H,2-3,5-10,15-17H2,1H3,(H,26,29,32). The fourth-order valence-corrected chi connectivity index (χ4v) is 5.70. The Morgan fingerprint density at radius 2 is 2.00 bits per heavy atom. The van der Waals surface area contributed by atoms with Crippen LogP contribution < -0.4 is 10.1 Å². The number of unbranched alkanes of at least 4 members (excludes halogenated alkanes) is 1. The molecule has 3 aromatic rings. The number of thioether (sulfide) groups is 1. The van der Waals surface area contributed by atoms with E-state index in [9.17, 15) is 4.79 Å². The predicted molar refractivity (Wildman–Crippen MR) is 141 cm³/mol. The molecular weight excluding hydrogens is 480 g/mol.